The summed E-state index contributed by atoms with van der Waals surface area (Å²) in [6, 6.07) is -0.0701. The van der Waals surface area contributed by atoms with E-state index in [9.17, 15) is 9.59 Å². The zero-order valence-electron chi connectivity index (χ0n) is 13.6. The van der Waals surface area contributed by atoms with E-state index >= 15 is 0 Å². The van der Waals surface area contributed by atoms with Crippen LogP contribution in [0.1, 0.15) is 41.0 Å². The second kappa shape index (κ2) is 6.47. The second-order valence-electron chi connectivity index (χ2n) is 6.65. The highest BCUT2D eigenvalue weighted by molar-refractivity contribution is 5.81. The van der Waals surface area contributed by atoms with Gasteiger partial charge in [0.1, 0.15) is 5.72 Å². The molecule has 0 aromatic carbocycles. The first-order valence-electron chi connectivity index (χ1n) is 7.09. The summed E-state index contributed by atoms with van der Waals surface area (Å²) in [7, 11) is 0. The molecule has 6 heteroatoms. The lowest BCUT2D eigenvalue weighted by Crippen LogP contribution is -2.50. The first kappa shape index (κ1) is 17.5. The van der Waals surface area contributed by atoms with Gasteiger partial charge in [-0.2, -0.15) is 0 Å². The fourth-order valence-electron chi connectivity index (χ4n) is 2.29. The van der Waals surface area contributed by atoms with Crippen LogP contribution in [-0.4, -0.2) is 47.4 Å². The van der Waals surface area contributed by atoms with E-state index < -0.39 is 17.4 Å². The number of carbonyl (C=O) groups is 2. The molecule has 0 radical (unpaired) electrons. The summed E-state index contributed by atoms with van der Waals surface area (Å²) in [5.74, 6) is -0.270. The van der Waals surface area contributed by atoms with Crippen molar-refractivity contribution < 1.29 is 19.1 Å². The standard InChI is InChI=1S/C15H26N2O4/c1-7-8-11-9-21-15(5,6)17(11)12(18)10-20-13(19)16-14(2,3)4/h7,11H,1,8-10H2,2-6H3,(H,16,19). The van der Waals surface area contributed by atoms with Crippen LogP contribution in [0.4, 0.5) is 4.79 Å². The van der Waals surface area contributed by atoms with Gasteiger partial charge in [-0.3, -0.25) is 4.79 Å². The maximum absolute atomic E-state index is 12.3. The van der Waals surface area contributed by atoms with E-state index in [2.05, 4.69) is 11.9 Å². The van der Waals surface area contributed by atoms with Crippen molar-refractivity contribution in [3.05, 3.63) is 12.7 Å². The van der Waals surface area contributed by atoms with Crippen molar-refractivity contribution in [2.45, 2.75) is 58.3 Å². The Labute approximate surface area is 126 Å². The Morgan fingerprint density at radius 2 is 2.10 bits per heavy atom. The summed E-state index contributed by atoms with van der Waals surface area (Å²) < 4.78 is 10.6. The molecule has 120 valence electrons. The molecule has 0 aromatic rings. The number of nitrogens with zero attached hydrogens (tertiary/aromatic N) is 1. The van der Waals surface area contributed by atoms with Gasteiger partial charge in [-0.05, 0) is 41.0 Å². The predicted octanol–water partition coefficient (Wildman–Crippen LogP) is 2.05. The number of amides is 2. The molecule has 0 saturated carbocycles. The SMILES string of the molecule is C=CCC1COC(C)(C)N1C(=O)COC(=O)NC(C)(C)C. The molecular formula is C15H26N2O4. The summed E-state index contributed by atoms with van der Waals surface area (Å²) >= 11 is 0. The first-order valence-corrected chi connectivity index (χ1v) is 7.09. The van der Waals surface area contributed by atoms with Crippen molar-refractivity contribution in [1.29, 1.82) is 0 Å². The highest BCUT2D eigenvalue weighted by atomic mass is 16.6. The minimum Gasteiger partial charge on any atom is -0.439 e. The van der Waals surface area contributed by atoms with Crippen LogP contribution in [0.25, 0.3) is 0 Å². The lowest BCUT2D eigenvalue weighted by Gasteiger charge is -2.33. The number of hydrogen-bond donors (Lipinski definition) is 1. The van der Waals surface area contributed by atoms with Gasteiger partial charge in [0.05, 0.1) is 12.6 Å². The lowest BCUT2D eigenvalue weighted by molar-refractivity contribution is -0.149. The molecule has 1 unspecified atom stereocenters. The van der Waals surface area contributed by atoms with Crippen molar-refractivity contribution in [2.24, 2.45) is 0 Å². The van der Waals surface area contributed by atoms with Gasteiger partial charge in [-0.25, -0.2) is 4.79 Å². The Morgan fingerprint density at radius 3 is 2.62 bits per heavy atom. The summed E-state index contributed by atoms with van der Waals surface area (Å²) in [4.78, 5) is 25.5. The van der Waals surface area contributed by atoms with Crippen LogP contribution in [0.2, 0.25) is 0 Å². The maximum atomic E-state index is 12.3. The summed E-state index contributed by atoms with van der Waals surface area (Å²) in [6.07, 6.45) is 1.79. The average Bonchev–Trinajstić information content (AvgIpc) is 2.60. The number of rotatable bonds is 4. The minimum absolute atomic E-state index is 0.0701. The average molecular weight is 298 g/mol. The van der Waals surface area contributed by atoms with Gasteiger partial charge in [-0.1, -0.05) is 6.08 Å². The predicted molar refractivity (Wildman–Crippen MR) is 79.7 cm³/mol. The van der Waals surface area contributed by atoms with Crippen molar-refractivity contribution >= 4 is 12.0 Å². The van der Waals surface area contributed by atoms with E-state index in [1.165, 1.54) is 0 Å². The Kier molecular flexibility index (Phi) is 5.39. The highest BCUT2D eigenvalue weighted by Crippen LogP contribution is 2.29. The van der Waals surface area contributed by atoms with Crippen molar-refractivity contribution in [1.82, 2.24) is 10.2 Å². The second-order valence-corrected chi connectivity index (χ2v) is 6.65. The third-order valence-corrected chi connectivity index (χ3v) is 3.09. The van der Waals surface area contributed by atoms with Crippen LogP contribution >= 0.6 is 0 Å². The summed E-state index contributed by atoms with van der Waals surface area (Å²) in [5.41, 5.74) is -1.10. The molecule has 1 heterocycles. The van der Waals surface area contributed by atoms with Crippen molar-refractivity contribution in [3.8, 4) is 0 Å². The van der Waals surface area contributed by atoms with Gasteiger partial charge in [0.25, 0.3) is 5.91 Å². The fraction of sp³-hybridized carbons (Fsp3) is 0.733. The van der Waals surface area contributed by atoms with Crippen LogP contribution in [-0.2, 0) is 14.3 Å². The van der Waals surface area contributed by atoms with Gasteiger partial charge >= 0.3 is 6.09 Å². The molecule has 1 saturated heterocycles. The third-order valence-electron chi connectivity index (χ3n) is 3.09. The monoisotopic (exact) mass is 298 g/mol. The molecule has 1 fully saturated rings. The maximum Gasteiger partial charge on any atom is 0.408 e. The normalized spacial score (nSPS) is 21.0. The van der Waals surface area contributed by atoms with Gasteiger partial charge in [-0.15, -0.1) is 6.58 Å². The van der Waals surface area contributed by atoms with Crippen LogP contribution < -0.4 is 5.32 Å². The number of hydrogen-bond acceptors (Lipinski definition) is 4. The van der Waals surface area contributed by atoms with Crippen molar-refractivity contribution in [2.75, 3.05) is 13.2 Å². The van der Waals surface area contributed by atoms with Gasteiger partial charge in [0, 0.05) is 5.54 Å². The molecule has 1 aliphatic rings. The molecule has 1 atom stereocenters. The summed E-state index contributed by atoms with van der Waals surface area (Å²) in [5, 5.41) is 2.64. The number of alkyl carbamates (subject to hydrolysis) is 1. The van der Waals surface area contributed by atoms with Crippen LogP contribution in [0.3, 0.4) is 0 Å². The zero-order valence-corrected chi connectivity index (χ0v) is 13.6. The molecule has 1 rings (SSSR count). The number of carbonyl (C=O) groups excluding carboxylic acids is 2. The smallest absolute Gasteiger partial charge is 0.408 e. The minimum atomic E-state index is -0.700. The third kappa shape index (κ3) is 5.04. The Bertz CT molecular complexity index is 412. The molecule has 6 nitrogen and oxygen atoms in total. The van der Waals surface area contributed by atoms with Gasteiger partial charge in [0.2, 0.25) is 0 Å². The molecule has 0 spiro atoms. The quantitative estimate of drug-likeness (QED) is 0.807. The van der Waals surface area contributed by atoms with Crippen LogP contribution in [0.15, 0.2) is 12.7 Å². The van der Waals surface area contributed by atoms with Crippen LogP contribution in [0.5, 0.6) is 0 Å². The van der Waals surface area contributed by atoms with E-state index in [4.69, 9.17) is 9.47 Å². The Hall–Kier alpha value is -1.56. The molecule has 0 aliphatic carbocycles. The van der Waals surface area contributed by atoms with Gasteiger partial charge in [0.15, 0.2) is 6.61 Å². The number of nitrogens with one attached hydrogen (secondary N) is 1. The van der Waals surface area contributed by atoms with E-state index in [-0.39, 0.29) is 18.6 Å². The first-order chi connectivity index (χ1) is 9.57. The zero-order chi connectivity index (χ0) is 16.3. The van der Waals surface area contributed by atoms with E-state index in [0.717, 1.165) is 0 Å². The van der Waals surface area contributed by atoms with E-state index in [1.54, 1.807) is 11.0 Å². The highest BCUT2D eigenvalue weighted by Gasteiger charge is 2.43. The molecule has 1 N–H and O–H groups in total. The molecule has 2 amide bonds. The lowest BCUT2D eigenvalue weighted by atomic mass is 10.1. The Morgan fingerprint density at radius 1 is 1.48 bits per heavy atom. The Balaban J connectivity index is 2.60. The molecule has 0 bridgehead atoms. The van der Waals surface area contributed by atoms with Crippen molar-refractivity contribution in [3.63, 3.8) is 0 Å². The molecule has 0 aromatic heterocycles. The van der Waals surface area contributed by atoms with E-state index in [1.807, 2.05) is 34.6 Å². The molecule has 21 heavy (non-hydrogen) atoms. The largest absolute Gasteiger partial charge is 0.439 e. The van der Waals surface area contributed by atoms with Gasteiger partial charge < -0.3 is 19.7 Å². The topological polar surface area (TPSA) is 67.9 Å². The summed E-state index contributed by atoms with van der Waals surface area (Å²) in [6.45, 7) is 13.0. The molecular weight excluding hydrogens is 272 g/mol. The van der Waals surface area contributed by atoms with Crippen LogP contribution in [0, 0.1) is 0 Å². The fourth-order valence-corrected chi connectivity index (χ4v) is 2.29. The van der Waals surface area contributed by atoms with E-state index in [0.29, 0.717) is 13.0 Å². The molecule has 1 aliphatic heterocycles. The number of ether oxygens (including phenoxy) is 2.